The van der Waals surface area contributed by atoms with E-state index in [0.717, 1.165) is 17.5 Å². The van der Waals surface area contributed by atoms with E-state index in [0.29, 0.717) is 11.3 Å². The number of halogens is 3. The average molecular weight is 332 g/mol. The van der Waals surface area contributed by atoms with Crippen LogP contribution in [0, 0.1) is 17.5 Å². The van der Waals surface area contributed by atoms with Crippen molar-refractivity contribution in [1.29, 1.82) is 0 Å². The molecule has 7 heteroatoms. The average Bonchev–Trinajstić information content (AvgIpc) is 2.61. The van der Waals surface area contributed by atoms with Crippen molar-refractivity contribution >= 4 is 22.5 Å². The Bertz CT molecular complexity index is 945. The lowest BCUT2D eigenvalue weighted by Crippen LogP contribution is -2.15. The molecule has 0 atom stereocenters. The van der Waals surface area contributed by atoms with Gasteiger partial charge in [0.1, 0.15) is 11.4 Å². The first-order chi connectivity index (χ1) is 11.5. The molecule has 4 nitrogen and oxygen atoms in total. The van der Waals surface area contributed by atoms with Gasteiger partial charge in [0, 0.05) is 5.39 Å². The summed E-state index contributed by atoms with van der Waals surface area (Å²) < 4.78 is 44.8. The molecule has 0 saturated carbocycles. The van der Waals surface area contributed by atoms with Crippen molar-refractivity contribution in [2.45, 2.75) is 0 Å². The van der Waals surface area contributed by atoms with E-state index >= 15 is 0 Å². The van der Waals surface area contributed by atoms with Crippen LogP contribution in [0.25, 0.3) is 10.9 Å². The number of pyridine rings is 1. The zero-order chi connectivity index (χ0) is 17.3. The number of rotatable bonds is 3. The molecule has 0 aliphatic rings. The molecule has 0 spiro atoms. The quantitative estimate of drug-likeness (QED) is 0.740. The molecule has 122 valence electrons. The fourth-order valence-corrected chi connectivity index (χ4v) is 2.17. The monoisotopic (exact) mass is 332 g/mol. The third kappa shape index (κ3) is 2.88. The smallest absolute Gasteiger partial charge is 0.274 e. The lowest BCUT2D eigenvalue weighted by molar-refractivity contribution is 0.102. The van der Waals surface area contributed by atoms with E-state index in [-0.39, 0.29) is 5.69 Å². The number of amides is 1. The van der Waals surface area contributed by atoms with Crippen molar-refractivity contribution in [3.05, 3.63) is 65.6 Å². The first-order valence-electron chi connectivity index (χ1n) is 6.89. The van der Waals surface area contributed by atoms with Gasteiger partial charge in [-0.1, -0.05) is 6.07 Å². The summed E-state index contributed by atoms with van der Waals surface area (Å²) in [7, 11) is 1.53. The number of benzene rings is 2. The number of nitrogens with zero attached hydrogens (tertiary/aromatic N) is 1. The van der Waals surface area contributed by atoms with Crippen LogP contribution in [0.15, 0.2) is 42.5 Å². The number of aromatic nitrogens is 1. The van der Waals surface area contributed by atoms with Gasteiger partial charge in [-0.3, -0.25) is 4.79 Å². The minimum atomic E-state index is -1.65. The number of fused-ring (bicyclic) bond motifs is 1. The van der Waals surface area contributed by atoms with Crippen LogP contribution < -0.4 is 10.1 Å². The van der Waals surface area contributed by atoms with Gasteiger partial charge in [-0.2, -0.15) is 0 Å². The molecule has 0 saturated heterocycles. The normalized spacial score (nSPS) is 10.7. The number of carbonyl (C=O) groups excluding carboxylic acids is 1. The maximum absolute atomic E-state index is 13.6. The second-order valence-electron chi connectivity index (χ2n) is 4.93. The van der Waals surface area contributed by atoms with Crippen LogP contribution in [-0.4, -0.2) is 18.0 Å². The standard InChI is InChI=1S/C17H11F3N2O2/c1-24-10-3-6-12-9(8-10)2-5-14(21-12)17(23)22-13-7-4-11(18)15(19)16(13)20/h2-8H,1H3,(H,22,23). The number of hydrogen-bond donors (Lipinski definition) is 1. The molecule has 0 fully saturated rings. The van der Waals surface area contributed by atoms with E-state index in [2.05, 4.69) is 10.3 Å². The minimum Gasteiger partial charge on any atom is -0.497 e. The second-order valence-corrected chi connectivity index (χ2v) is 4.93. The second kappa shape index (κ2) is 6.19. The van der Waals surface area contributed by atoms with Gasteiger partial charge in [0.25, 0.3) is 5.91 Å². The summed E-state index contributed by atoms with van der Waals surface area (Å²) in [6.07, 6.45) is 0. The number of nitrogens with one attached hydrogen (secondary N) is 1. The van der Waals surface area contributed by atoms with Crippen molar-refractivity contribution < 1.29 is 22.7 Å². The van der Waals surface area contributed by atoms with E-state index < -0.39 is 29.0 Å². The van der Waals surface area contributed by atoms with Gasteiger partial charge >= 0.3 is 0 Å². The molecule has 3 rings (SSSR count). The highest BCUT2D eigenvalue weighted by molar-refractivity contribution is 6.04. The summed E-state index contributed by atoms with van der Waals surface area (Å²) >= 11 is 0. The summed E-state index contributed by atoms with van der Waals surface area (Å²) in [5.41, 5.74) is 0.0848. The van der Waals surface area contributed by atoms with E-state index in [4.69, 9.17) is 4.74 Å². The van der Waals surface area contributed by atoms with Gasteiger partial charge in [0.05, 0.1) is 18.3 Å². The molecule has 0 bridgehead atoms. The highest BCUT2D eigenvalue weighted by Gasteiger charge is 2.16. The van der Waals surface area contributed by atoms with Crippen molar-refractivity contribution in [3.8, 4) is 5.75 Å². The molecule has 1 amide bonds. The SMILES string of the molecule is COc1ccc2nc(C(=O)Nc3ccc(F)c(F)c3F)ccc2c1. The maximum atomic E-state index is 13.6. The zero-order valence-electron chi connectivity index (χ0n) is 12.4. The van der Waals surface area contributed by atoms with Crippen molar-refractivity contribution in [1.82, 2.24) is 4.98 Å². The Morgan fingerprint density at radius 1 is 1.04 bits per heavy atom. The van der Waals surface area contributed by atoms with E-state index in [1.807, 2.05) is 0 Å². The molecule has 1 aromatic heterocycles. The lowest BCUT2D eigenvalue weighted by Gasteiger charge is -2.08. The fourth-order valence-electron chi connectivity index (χ4n) is 2.17. The largest absolute Gasteiger partial charge is 0.497 e. The Balaban J connectivity index is 1.90. The maximum Gasteiger partial charge on any atom is 0.274 e. The molecule has 3 aromatic rings. The van der Waals surface area contributed by atoms with Crippen LogP contribution in [0.5, 0.6) is 5.75 Å². The van der Waals surface area contributed by atoms with Crippen LogP contribution in [-0.2, 0) is 0 Å². The third-order valence-electron chi connectivity index (χ3n) is 3.41. The molecule has 0 aliphatic carbocycles. The Kier molecular flexibility index (Phi) is 4.07. The molecule has 2 aromatic carbocycles. The van der Waals surface area contributed by atoms with Crippen LogP contribution in [0.2, 0.25) is 0 Å². The van der Waals surface area contributed by atoms with E-state index in [9.17, 15) is 18.0 Å². The Labute approximate surface area is 134 Å². The summed E-state index contributed by atoms with van der Waals surface area (Å²) in [5.74, 6) is -4.54. The summed E-state index contributed by atoms with van der Waals surface area (Å²) in [6.45, 7) is 0. The Hall–Kier alpha value is -3.09. The molecular formula is C17H11F3N2O2. The molecule has 0 aliphatic heterocycles. The summed E-state index contributed by atoms with van der Waals surface area (Å²) in [6, 6.07) is 9.87. The lowest BCUT2D eigenvalue weighted by atomic mass is 10.2. The van der Waals surface area contributed by atoms with Crippen LogP contribution in [0.3, 0.4) is 0 Å². The van der Waals surface area contributed by atoms with Crippen molar-refractivity contribution in [3.63, 3.8) is 0 Å². The fraction of sp³-hybridized carbons (Fsp3) is 0.0588. The number of carbonyl (C=O) groups is 1. The van der Waals surface area contributed by atoms with E-state index in [1.165, 1.54) is 13.2 Å². The highest BCUT2D eigenvalue weighted by atomic mass is 19.2. The van der Waals surface area contributed by atoms with Crippen molar-refractivity contribution in [2.24, 2.45) is 0 Å². The molecule has 0 unspecified atom stereocenters. The zero-order valence-corrected chi connectivity index (χ0v) is 12.4. The van der Waals surface area contributed by atoms with E-state index in [1.54, 1.807) is 24.3 Å². The van der Waals surface area contributed by atoms with Gasteiger partial charge in [-0.05, 0) is 36.4 Å². The Morgan fingerprint density at radius 3 is 2.58 bits per heavy atom. The predicted octanol–water partition coefficient (Wildman–Crippen LogP) is 3.91. The Morgan fingerprint density at radius 2 is 1.83 bits per heavy atom. The predicted molar refractivity (Wildman–Crippen MR) is 82.6 cm³/mol. The number of hydrogen-bond acceptors (Lipinski definition) is 3. The number of methoxy groups -OCH3 is 1. The van der Waals surface area contributed by atoms with Gasteiger partial charge in [0.15, 0.2) is 17.5 Å². The van der Waals surface area contributed by atoms with Crippen LogP contribution in [0.1, 0.15) is 10.5 Å². The van der Waals surface area contributed by atoms with Gasteiger partial charge in [-0.25, -0.2) is 18.2 Å². The molecule has 1 heterocycles. The number of ether oxygens (including phenoxy) is 1. The molecule has 1 N–H and O–H groups in total. The van der Waals surface area contributed by atoms with Gasteiger partial charge in [0.2, 0.25) is 0 Å². The topological polar surface area (TPSA) is 51.2 Å². The highest BCUT2D eigenvalue weighted by Crippen LogP contribution is 2.22. The third-order valence-corrected chi connectivity index (χ3v) is 3.41. The van der Waals surface area contributed by atoms with Crippen LogP contribution >= 0.6 is 0 Å². The first kappa shape index (κ1) is 15.8. The van der Waals surface area contributed by atoms with Gasteiger partial charge < -0.3 is 10.1 Å². The van der Waals surface area contributed by atoms with Crippen molar-refractivity contribution in [2.75, 3.05) is 12.4 Å². The summed E-state index contributed by atoms with van der Waals surface area (Å²) in [4.78, 5) is 16.3. The first-order valence-corrected chi connectivity index (χ1v) is 6.89. The van der Waals surface area contributed by atoms with Crippen LogP contribution in [0.4, 0.5) is 18.9 Å². The minimum absolute atomic E-state index is 0.0109. The molecule has 24 heavy (non-hydrogen) atoms. The number of anilines is 1. The molecular weight excluding hydrogens is 321 g/mol. The molecule has 0 radical (unpaired) electrons. The van der Waals surface area contributed by atoms with Gasteiger partial charge in [-0.15, -0.1) is 0 Å². The summed E-state index contributed by atoms with van der Waals surface area (Å²) in [5, 5.41) is 2.93.